The van der Waals surface area contributed by atoms with Crippen molar-refractivity contribution < 1.29 is 13.2 Å². The number of sulfonamides is 1. The number of amides is 1. The van der Waals surface area contributed by atoms with Gasteiger partial charge in [-0.2, -0.15) is 4.31 Å². The summed E-state index contributed by atoms with van der Waals surface area (Å²) in [4.78, 5) is 15.1. The molecule has 144 valence electrons. The molecule has 0 atom stereocenters. The van der Waals surface area contributed by atoms with Gasteiger partial charge in [0.15, 0.2) is 0 Å². The van der Waals surface area contributed by atoms with Gasteiger partial charge in [0.05, 0.1) is 0 Å². The molecule has 2 aliphatic rings. The normalized spacial score (nSPS) is 18.3. The van der Waals surface area contributed by atoms with Crippen molar-refractivity contribution in [1.82, 2.24) is 13.8 Å². The first kappa shape index (κ1) is 18.3. The van der Waals surface area contributed by atoms with E-state index in [-0.39, 0.29) is 10.8 Å². The average Bonchev–Trinajstić information content (AvgIpc) is 3.10. The number of carbonyl (C=O) groups is 1. The maximum atomic E-state index is 13.0. The summed E-state index contributed by atoms with van der Waals surface area (Å²) in [6.45, 7) is 2.33. The molecular formula is C20H25N3O3S. The summed E-state index contributed by atoms with van der Waals surface area (Å²) in [6, 6.07) is 9.69. The minimum absolute atomic E-state index is 0.118. The Hall–Kier alpha value is -2.12. The van der Waals surface area contributed by atoms with Crippen molar-refractivity contribution in [3.05, 3.63) is 53.3 Å². The molecule has 0 saturated carbocycles. The van der Waals surface area contributed by atoms with Crippen molar-refractivity contribution >= 4 is 15.9 Å². The van der Waals surface area contributed by atoms with E-state index in [9.17, 15) is 13.2 Å². The Morgan fingerprint density at radius 3 is 2.44 bits per heavy atom. The van der Waals surface area contributed by atoms with Gasteiger partial charge in [0.25, 0.3) is 5.91 Å². The van der Waals surface area contributed by atoms with Crippen LogP contribution in [0.5, 0.6) is 0 Å². The Balaban J connectivity index is 1.57. The molecule has 6 nitrogen and oxygen atoms in total. The number of carbonyl (C=O) groups excluding carboxylic acids is 1. The number of hydrogen-bond acceptors (Lipinski definition) is 3. The Labute approximate surface area is 160 Å². The second-order valence-corrected chi connectivity index (χ2v) is 9.32. The fourth-order valence-electron chi connectivity index (χ4n) is 3.97. The minimum Gasteiger partial charge on any atom is -0.345 e. The Morgan fingerprint density at radius 1 is 1.00 bits per heavy atom. The number of benzene rings is 1. The van der Waals surface area contributed by atoms with Gasteiger partial charge in [-0.05, 0) is 36.5 Å². The monoisotopic (exact) mass is 387 g/mol. The zero-order valence-electron chi connectivity index (χ0n) is 15.6. The van der Waals surface area contributed by atoms with Gasteiger partial charge in [-0.3, -0.25) is 4.79 Å². The smallest absolute Gasteiger partial charge is 0.270 e. The third-order valence-corrected chi connectivity index (χ3v) is 7.43. The van der Waals surface area contributed by atoms with Gasteiger partial charge in [-0.1, -0.05) is 30.7 Å². The van der Waals surface area contributed by atoms with Crippen LogP contribution in [0.4, 0.5) is 0 Å². The number of hydrogen-bond donors (Lipinski definition) is 0. The van der Waals surface area contributed by atoms with E-state index in [1.165, 1.54) is 15.9 Å². The summed E-state index contributed by atoms with van der Waals surface area (Å²) in [6.07, 6.45) is 5.25. The van der Waals surface area contributed by atoms with Crippen molar-refractivity contribution in [2.75, 3.05) is 19.6 Å². The Kier molecular flexibility index (Phi) is 4.82. The van der Waals surface area contributed by atoms with E-state index in [1.807, 2.05) is 18.2 Å². The summed E-state index contributed by atoms with van der Waals surface area (Å²) in [5.74, 6) is -0.118. The lowest BCUT2D eigenvalue weighted by Gasteiger charge is -2.29. The maximum Gasteiger partial charge on any atom is 0.270 e. The van der Waals surface area contributed by atoms with Crippen LogP contribution in [0.3, 0.4) is 0 Å². The summed E-state index contributed by atoms with van der Waals surface area (Å²) in [7, 11) is -1.80. The molecule has 3 heterocycles. The highest BCUT2D eigenvalue weighted by atomic mass is 32.2. The Bertz CT molecular complexity index is 959. The number of nitrogens with zero attached hydrogens (tertiary/aromatic N) is 3. The van der Waals surface area contributed by atoms with E-state index >= 15 is 0 Å². The number of piperidine rings is 1. The molecule has 2 aliphatic heterocycles. The van der Waals surface area contributed by atoms with Crippen LogP contribution < -0.4 is 0 Å². The van der Waals surface area contributed by atoms with E-state index in [1.54, 1.807) is 22.7 Å². The second-order valence-electron chi connectivity index (χ2n) is 7.38. The second kappa shape index (κ2) is 7.13. The zero-order valence-corrected chi connectivity index (χ0v) is 16.4. The lowest BCUT2D eigenvalue weighted by molar-refractivity contribution is 0.0725. The molecule has 0 spiro atoms. The van der Waals surface area contributed by atoms with Crippen LogP contribution in [0.1, 0.15) is 40.9 Å². The molecule has 1 aromatic heterocycles. The minimum atomic E-state index is -3.53. The zero-order chi connectivity index (χ0) is 19.0. The fraction of sp³-hybridized carbons (Fsp3) is 0.450. The molecule has 0 radical (unpaired) electrons. The highest BCUT2D eigenvalue weighted by Crippen LogP contribution is 2.25. The largest absolute Gasteiger partial charge is 0.345 e. The summed E-state index contributed by atoms with van der Waals surface area (Å²) in [5, 5.41) is 0. The van der Waals surface area contributed by atoms with Crippen molar-refractivity contribution in [1.29, 1.82) is 0 Å². The number of fused-ring (bicyclic) bond motifs is 1. The van der Waals surface area contributed by atoms with E-state index in [2.05, 4.69) is 6.07 Å². The van der Waals surface area contributed by atoms with Crippen LogP contribution in [0, 0.1) is 0 Å². The summed E-state index contributed by atoms with van der Waals surface area (Å²) >= 11 is 0. The van der Waals surface area contributed by atoms with Crippen LogP contribution in [-0.2, 0) is 30.0 Å². The first-order valence-electron chi connectivity index (χ1n) is 9.49. The molecule has 0 N–H and O–H groups in total. The quantitative estimate of drug-likeness (QED) is 0.812. The molecule has 7 heteroatoms. The first-order valence-corrected chi connectivity index (χ1v) is 10.9. The molecule has 0 bridgehead atoms. The third kappa shape index (κ3) is 3.41. The highest BCUT2D eigenvalue weighted by molar-refractivity contribution is 7.89. The highest BCUT2D eigenvalue weighted by Gasteiger charge is 2.30. The molecule has 1 fully saturated rings. The van der Waals surface area contributed by atoms with Gasteiger partial charge in [0.1, 0.15) is 10.6 Å². The molecule has 0 unspecified atom stereocenters. The van der Waals surface area contributed by atoms with Crippen LogP contribution in [0.15, 0.2) is 41.4 Å². The van der Waals surface area contributed by atoms with Crippen molar-refractivity contribution in [2.24, 2.45) is 7.05 Å². The number of aryl methyl sites for hydroxylation is 1. The SMILES string of the molecule is Cn1cc(S(=O)(=O)N2CCCCC2)cc1C(=O)N1CCc2ccccc2C1. The molecule has 1 aromatic carbocycles. The molecular weight excluding hydrogens is 362 g/mol. The van der Waals surface area contributed by atoms with Crippen LogP contribution >= 0.6 is 0 Å². The standard InChI is InChI=1S/C20H25N3O3S/c1-21-15-18(27(25,26)23-10-5-2-6-11-23)13-19(21)20(24)22-12-9-16-7-3-4-8-17(16)14-22/h3-4,7-8,13,15H,2,5-6,9-12,14H2,1H3. The predicted octanol–water partition coefficient (Wildman–Crippen LogP) is 2.40. The van der Waals surface area contributed by atoms with E-state index in [0.717, 1.165) is 31.2 Å². The van der Waals surface area contributed by atoms with Gasteiger partial charge in [-0.25, -0.2) is 8.42 Å². The Morgan fingerprint density at radius 2 is 1.70 bits per heavy atom. The molecule has 1 saturated heterocycles. The number of rotatable bonds is 3. The third-order valence-electron chi connectivity index (χ3n) is 5.57. The van der Waals surface area contributed by atoms with Crippen molar-refractivity contribution in [3.8, 4) is 0 Å². The van der Waals surface area contributed by atoms with Crippen LogP contribution in [0.2, 0.25) is 0 Å². The maximum absolute atomic E-state index is 13.0. The lowest BCUT2D eigenvalue weighted by atomic mass is 10.00. The summed E-state index contributed by atoms with van der Waals surface area (Å²) in [5.41, 5.74) is 2.86. The van der Waals surface area contributed by atoms with Crippen molar-refractivity contribution in [3.63, 3.8) is 0 Å². The summed E-state index contributed by atoms with van der Waals surface area (Å²) < 4.78 is 29.0. The fourth-order valence-corrected chi connectivity index (χ4v) is 5.56. The van der Waals surface area contributed by atoms with Crippen molar-refractivity contribution in [2.45, 2.75) is 37.1 Å². The first-order chi connectivity index (χ1) is 13.0. The molecule has 0 aliphatic carbocycles. The average molecular weight is 388 g/mol. The lowest BCUT2D eigenvalue weighted by Crippen LogP contribution is -2.36. The van der Waals surface area contributed by atoms with Gasteiger partial charge in [0.2, 0.25) is 10.0 Å². The topological polar surface area (TPSA) is 62.6 Å². The van der Waals surface area contributed by atoms with Gasteiger partial charge in [0, 0.05) is 39.4 Å². The number of aromatic nitrogens is 1. The van der Waals surface area contributed by atoms with Gasteiger partial charge in [-0.15, -0.1) is 0 Å². The molecule has 4 rings (SSSR count). The predicted molar refractivity (Wildman–Crippen MR) is 103 cm³/mol. The van der Waals surface area contributed by atoms with Gasteiger partial charge >= 0.3 is 0 Å². The molecule has 27 heavy (non-hydrogen) atoms. The van der Waals surface area contributed by atoms with Gasteiger partial charge < -0.3 is 9.47 Å². The van der Waals surface area contributed by atoms with E-state index in [4.69, 9.17) is 0 Å². The molecule has 2 aromatic rings. The molecule has 1 amide bonds. The van der Waals surface area contributed by atoms with Crippen LogP contribution in [-0.4, -0.2) is 47.7 Å². The van der Waals surface area contributed by atoms with Crippen LogP contribution in [0.25, 0.3) is 0 Å². The van der Waals surface area contributed by atoms with E-state index < -0.39 is 10.0 Å². The van der Waals surface area contributed by atoms with E-state index in [0.29, 0.717) is 31.9 Å².